The van der Waals surface area contributed by atoms with Gasteiger partial charge in [0.2, 0.25) is 17.6 Å². The Labute approximate surface area is 205 Å². The van der Waals surface area contributed by atoms with Crippen molar-refractivity contribution in [2.45, 2.75) is 50.5 Å². The average Bonchev–Trinajstić information content (AvgIpc) is 3.18. The van der Waals surface area contributed by atoms with Gasteiger partial charge in [0.25, 0.3) is 0 Å². The van der Waals surface area contributed by atoms with Crippen molar-refractivity contribution in [2.75, 3.05) is 18.6 Å². The molecule has 0 radical (unpaired) electrons. The molecule has 194 valence electrons. The Morgan fingerprint density at radius 2 is 1.78 bits per heavy atom. The van der Waals surface area contributed by atoms with Gasteiger partial charge in [-0.2, -0.15) is 36.3 Å². The molecular formula is C22H20ClF6N5O2. The van der Waals surface area contributed by atoms with Gasteiger partial charge in [0, 0.05) is 34.6 Å². The van der Waals surface area contributed by atoms with E-state index in [1.165, 1.54) is 12.0 Å². The van der Waals surface area contributed by atoms with Crippen molar-refractivity contribution in [3.8, 4) is 0 Å². The van der Waals surface area contributed by atoms with E-state index >= 15 is 0 Å². The lowest BCUT2D eigenvalue weighted by atomic mass is 9.94. The van der Waals surface area contributed by atoms with Crippen molar-refractivity contribution in [3.63, 3.8) is 0 Å². The molecule has 7 nitrogen and oxygen atoms in total. The third kappa shape index (κ3) is 5.35. The van der Waals surface area contributed by atoms with Gasteiger partial charge in [0.05, 0.1) is 13.2 Å². The molecule has 3 heterocycles. The Morgan fingerprint density at radius 3 is 2.39 bits per heavy atom. The van der Waals surface area contributed by atoms with Crippen LogP contribution >= 0.6 is 11.6 Å². The summed E-state index contributed by atoms with van der Waals surface area (Å²) in [6.45, 7) is 0.0622. The van der Waals surface area contributed by atoms with Gasteiger partial charge in [-0.25, -0.2) is 4.98 Å². The summed E-state index contributed by atoms with van der Waals surface area (Å²) in [6.07, 6.45) is -8.81. The summed E-state index contributed by atoms with van der Waals surface area (Å²) in [4.78, 5) is 25.4. The van der Waals surface area contributed by atoms with Crippen LogP contribution in [0.1, 0.15) is 54.6 Å². The fourth-order valence-electron chi connectivity index (χ4n) is 4.33. The summed E-state index contributed by atoms with van der Waals surface area (Å²) < 4.78 is 84.9. The number of carbonyl (C=O) groups is 1. The van der Waals surface area contributed by atoms with Gasteiger partial charge in [-0.15, -0.1) is 0 Å². The second-order valence-electron chi connectivity index (χ2n) is 8.27. The highest BCUT2D eigenvalue weighted by Crippen LogP contribution is 2.41. The van der Waals surface area contributed by atoms with Gasteiger partial charge in [0.1, 0.15) is 0 Å². The first-order valence-corrected chi connectivity index (χ1v) is 11.3. The first-order valence-electron chi connectivity index (χ1n) is 10.9. The number of alkyl halides is 6. The number of carbonyl (C=O) groups excluding carboxylic acids is 1. The van der Waals surface area contributed by atoms with Gasteiger partial charge >= 0.3 is 18.3 Å². The molecule has 0 amide bonds. The molecule has 1 aliphatic heterocycles. The molecule has 1 N–H and O–H groups in total. The van der Waals surface area contributed by atoms with Gasteiger partial charge in [-0.3, -0.25) is 4.79 Å². The lowest BCUT2D eigenvalue weighted by molar-refractivity contribution is -0.155. The Kier molecular flexibility index (Phi) is 7.04. The molecule has 3 aromatic rings. The van der Waals surface area contributed by atoms with Gasteiger partial charge < -0.3 is 14.6 Å². The number of methoxy groups -OCH3 is 1. The highest BCUT2D eigenvalue weighted by atomic mass is 35.5. The summed E-state index contributed by atoms with van der Waals surface area (Å²) >= 11 is 6.14. The monoisotopic (exact) mass is 535 g/mol. The number of halogens is 7. The van der Waals surface area contributed by atoms with Crippen molar-refractivity contribution in [1.29, 1.82) is 0 Å². The number of esters is 1. The predicted molar refractivity (Wildman–Crippen MR) is 117 cm³/mol. The number of nitrogens with one attached hydrogen (secondary N) is 1. The van der Waals surface area contributed by atoms with Gasteiger partial charge in [-0.1, -0.05) is 18.0 Å². The largest absolute Gasteiger partial charge is 0.469 e. The van der Waals surface area contributed by atoms with Crippen LogP contribution in [0.15, 0.2) is 18.2 Å². The zero-order valence-corrected chi connectivity index (χ0v) is 19.6. The fourth-order valence-corrected chi connectivity index (χ4v) is 4.51. The van der Waals surface area contributed by atoms with Crippen LogP contribution in [0, 0.1) is 0 Å². The van der Waals surface area contributed by atoms with E-state index < -0.39 is 42.0 Å². The molecule has 0 unspecified atom stereocenters. The molecule has 36 heavy (non-hydrogen) atoms. The smallest absolute Gasteiger partial charge is 0.451 e. The zero-order chi connectivity index (χ0) is 26.3. The first-order chi connectivity index (χ1) is 16.9. The van der Waals surface area contributed by atoms with E-state index in [0.717, 1.165) is 16.5 Å². The topological polar surface area (TPSA) is 84.0 Å². The molecule has 0 saturated carbocycles. The molecule has 1 atom stereocenters. The van der Waals surface area contributed by atoms with Crippen molar-refractivity contribution < 1.29 is 35.9 Å². The van der Waals surface area contributed by atoms with Crippen molar-refractivity contribution in [2.24, 2.45) is 0 Å². The average molecular weight is 536 g/mol. The molecule has 1 aliphatic rings. The molecule has 14 heteroatoms. The Balaban J connectivity index is 1.77. The van der Waals surface area contributed by atoms with Crippen LogP contribution in [0.5, 0.6) is 0 Å². The maximum absolute atomic E-state index is 13.4. The van der Waals surface area contributed by atoms with E-state index in [1.807, 2.05) is 0 Å². The maximum atomic E-state index is 13.4. The van der Waals surface area contributed by atoms with E-state index in [9.17, 15) is 31.1 Å². The molecule has 0 aliphatic carbocycles. The van der Waals surface area contributed by atoms with Crippen LogP contribution in [-0.4, -0.2) is 39.6 Å². The Hall–Kier alpha value is -3.09. The van der Waals surface area contributed by atoms with Crippen LogP contribution in [-0.2, 0) is 28.3 Å². The maximum Gasteiger partial charge on any atom is 0.451 e. The summed E-state index contributed by atoms with van der Waals surface area (Å²) in [7, 11) is 1.25. The minimum absolute atomic E-state index is 0.0622. The number of anilines is 1. The third-order valence-corrected chi connectivity index (χ3v) is 6.17. The number of aromatic nitrogens is 4. The second-order valence-corrected chi connectivity index (χ2v) is 8.70. The van der Waals surface area contributed by atoms with Crippen molar-refractivity contribution >= 4 is 34.4 Å². The molecular weight excluding hydrogens is 516 g/mol. The lowest BCUT2D eigenvalue weighted by Crippen LogP contribution is -2.38. The predicted octanol–water partition coefficient (Wildman–Crippen LogP) is 5.88. The summed E-state index contributed by atoms with van der Waals surface area (Å²) in [5, 5.41) is 1.31. The number of fused-ring (bicyclic) bond motifs is 3. The molecule has 0 spiro atoms. The lowest BCUT2D eigenvalue weighted by Gasteiger charge is -2.36. The molecule has 0 fully saturated rings. The van der Waals surface area contributed by atoms with E-state index in [2.05, 4.69) is 24.7 Å². The molecule has 0 saturated heterocycles. The standard InChI is InChI=1S/C22H20ClF6N5O2/c1-36-16(35)5-3-2-4-15-17-12(13-10-11(23)6-7-14(13)30-17)8-9-34(15)20-32-18(21(24,25)26)31-19(33-20)22(27,28)29/h6-7,10,15,30H,2-5,8-9H2,1H3/t15-/m0/s1. The molecule has 2 aromatic heterocycles. The first kappa shape index (κ1) is 26.0. The summed E-state index contributed by atoms with van der Waals surface area (Å²) in [5.74, 6) is -4.97. The van der Waals surface area contributed by atoms with Crippen LogP contribution < -0.4 is 4.90 Å². The van der Waals surface area contributed by atoms with Crippen molar-refractivity contribution in [1.82, 2.24) is 19.9 Å². The van der Waals surface area contributed by atoms with Crippen LogP contribution in [0.4, 0.5) is 32.3 Å². The minimum Gasteiger partial charge on any atom is -0.469 e. The SMILES string of the molecule is COC(=O)CCCC[C@H]1c2[nH]c3ccc(Cl)cc3c2CCN1c1nc(C(F)(F)F)nc(C(F)(F)F)n1. The number of ether oxygens (including phenoxy) is 1. The number of unbranched alkanes of at least 4 members (excludes halogenated alkanes) is 1. The Bertz CT molecular complexity index is 1240. The summed E-state index contributed by atoms with van der Waals surface area (Å²) in [5.41, 5.74) is 2.22. The van der Waals surface area contributed by atoms with E-state index in [0.29, 0.717) is 36.4 Å². The van der Waals surface area contributed by atoms with E-state index in [4.69, 9.17) is 11.6 Å². The van der Waals surface area contributed by atoms with Gasteiger partial charge in [0.15, 0.2) is 0 Å². The number of H-pyrrole nitrogens is 1. The molecule has 1 aromatic carbocycles. The molecule has 0 bridgehead atoms. The van der Waals surface area contributed by atoms with Gasteiger partial charge in [-0.05, 0) is 43.0 Å². The van der Waals surface area contributed by atoms with Crippen LogP contribution in [0.2, 0.25) is 5.02 Å². The normalized spacial score (nSPS) is 16.3. The zero-order valence-electron chi connectivity index (χ0n) is 18.8. The quantitative estimate of drug-likeness (QED) is 0.241. The second kappa shape index (κ2) is 9.75. The minimum atomic E-state index is -5.20. The highest BCUT2D eigenvalue weighted by Gasteiger charge is 2.43. The fraction of sp³-hybridized carbons (Fsp3) is 0.455. The van der Waals surface area contributed by atoms with Crippen molar-refractivity contribution in [3.05, 3.63) is 46.1 Å². The highest BCUT2D eigenvalue weighted by molar-refractivity contribution is 6.31. The van der Waals surface area contributed by atoms with E-state index in [-0.39, 0.29) is 13.0 Å². The van der Waals surface area contributed by atoms with Crippen LogP contribution in [0.3, 0.4) is 0 Å². The summed E-state index contributed by atoms with van der Waals surface area (Å²) in [6, 6.07) is 4.50. The number of aromatic amines is 1. The van der Waals surface area contributed by atoms with E-state index in [1.54, 1.807) is 18.2 Å². The number of nitrogens with zero attached hydrogens (tertiary/aromatic N) is 4. The Morgan fingerprint density at radius 1 is 1.11 bits per heavy atom. The molecule has 4 rings (SSSR count). The van der Waals surface area contributed by atoms with Crippen LogP contribution in [0.25, 0.3) is 10.9 Å². The number of hydrogen-bond acceptors (Lipinski definition) is 6. The number of hydrogen-bond donors (Lipinski definition) is 1. The third-order valence-electron chi connectivity index (χ3n) is 5.94. The number of rotatable bonds is 6. The number of benzene rings is 1.